The molecule has 7 heteroatoms. The zero-order chi connectivity index (χ0) is 24.8. The fourth-order valence-corrected chi connectivity index (χ4v) is 3.48. The molecule has 0 bridgehead atoms. The standard InChI is InChI=1S/C27H26O7/c1-26(2,3)33-17-9-7-15-11-19(24(29)31-21(15)13-17)23(28)20-12-16-8-10-18(34-27(4,5)6)14-22(16)32-25(20)30/h7-14H,1-6H3. The Bertz CT molecular complexity index is 1410. The first-order valence-electron chi connectivity index (χ1n) is 10.9. The van der Waals surface area contributed by atoms with E-state index in [0.29, 0.717) is 22.3 Å². The SMILES string of the molecule is CC(C)(C)Oc1ccc2cc(C(=O)c3cc4ccc(OC(C)(C)C)cc4oc3=O)c(=O)oc2c1. The minimum Gasteiger partial charge on any atom is -0.488 e. The van der Waals surface area contributed by atoms with Gasteiger partial charge in [-0.25, -0.2) is 9.59 Å². The zero-order valence-electron chi connectivity index (χ0n) is 20.0. The number of ketones is 1. The van der Waals surface area contributed by atoms with Gasteiger partial charge >= 0.3 is 11.3 Å². The molecule has 2 aromatic heterocycles. The second-order valence-electron chi connectivity index (χ2n) is 10.1. The number of carbonyl (C=O) groups is 1. The maximum absolute atomic E-state index is 13.1. The lowest BCUT2D eigenvalue weighted by atomic mass is 10.0. The molecule has 34 heavy (non-hydrogen) atoms. The minimum absolute atomic E-state index is 0.253. The summed E-state index contributed by atoms with van der Waals surface area (Å²) in [6.45, 7) is 11.4. The summed E-state index contributed by atoms with van der Waals surface area (Å²) in [6, 6.07) is 12.8. The van der Waals surface area contributed by atoms with Gasteiger partial charge in [-0.3, -0.25) is 4.79 Å². The van der Waals surface area contributed by atoms with Gasteiger partial charge < -0.3 is 18.3 Å². The molecule has 0 saturated heterocycles. The molecule has 4 rings (SSSR count). The van der Waals surface area contributed by atoms with E-state index in [-0.39, 0.29) is 22.3 Å². The first-order chi connectivity index (χ1) is 15.8. The zero-order valence-corrected chi connectivity index (χ0v) is 20.0. The van der Waals surface area contributed by atoms with Crippen LogP contribution in [0, 0.1) is 0 Å². The number of carbonyl (C=O) groups excluding carboxylic acids is 1. The van der Waals surface area contributed by atoms with Crippen molar-refractivity contribution in [2.45, 2.75) is 52.7 Å². The van der Waals surface area contributed by atoms with Crippen LogP contribution in [0.25, 0.3) is 21.9 Å². The van der Waals surface area contributed by atoms with Gasteiger partial charge in [0.15, 0.2) is 0 Å². The Balaban J connectivity index is 1.72. The molecule has 0 N–H and O–H groups in total. The maximum atomic E-state index is 13.1. The lowest BCUT2D eigenvalue weighted by Crippen LogP contribution is -2.23. The average Bonchev–Trinajstić information content (AvgIpc) is 2.70. The van der Waals surface area contributed by atoms with Crippen LogP contribution in [0.15, 0.2) is 67.0 Å². The molecule has 0 aliphatic carbocycles. The van der Waals surface area contributed by atoms with Crippen molar-refractivity contribution in [1.82, 2.24) is 0 Å². The fourth-order valence-electron chi connectivity index (χ4n) is 3.48. The molecule has 0 fully saturated rings. The van der Waals surface area contributed by atoms with Gasteiger partial charge in [0, 0.05) is 22.9 Å². The Morgan fingerprint density at radius 2 is 1.03 bits per heavy atom. The summed E-state index contributed by atoms with van der Waals surface area (Å²) in [5, 5.41) is 1.05. The molecule has 0 aliphatic heterocycles. The third-order valence-electron chi connectivity index (χ3n) is 4.75. The van der Waals surface area contributed by atoms with Crippen molar-refractivity contribution in [2.24, 2.45) is 0 Å². The van der Waals surface area contributed by atoms with Gasteiger partial charge in [-0.2, -0.15) is 0 Å². The van der Waals surface area contributed by atoms with E-state index >= 15 is 0 Å². The molecule has 0 saturated carbocycles. The Labute approximate surface area is 195 Å². The van der Waals surface area contributed by atoms with Crippen molar-refractivity contribution in [3.63, 3.8) is 0 Å². The second kappa shape index (κ2) is 8.17. The molecular formula is C27H26O7. The number of ether oxygens (including phenoxy) is 2. The average molecular weight is 462 g/mol. The number of benzene rings is 2. The van der Waals surface area contributed by atoms with Crippen molar-refractivity contribution >= 4 is 27.7 Å². The van der Waals surface area contributed by atoms with E-state index in [9.17, 15) is 14.4 Å². The Morgan fingerprint density at radius 1 is 0.647 bits per heavy atom. The second-order valence-corrected chi connectivity index (χ2v) is 10.1. The van der Waals surface area contributed by atoms with Crippen molar-refractivity contribution in [2.75, 3.05) is 0 Å². The first-order valence-corrected chi connectivity index (χ1v) is 10.9. The topological polar surface area (TPSA) is 96.0 Å². The molecule has 2 heterocycles. The van der Waals surface area contributed by atoms with E-state index in [4.69, 9.17) is 18.3 Å². The van der Waals surface area contributed by atoms with Crippen LogP contribution in [0.1, 0.15) is 57.5 Å². The molecular weight excluding hydrogens is 436 g/mol. The largest absolute Gasteiger partial charge is 0.488 e. The molecule has 0 radical (unpaired) electrons. The van der Waals surface area contributed by atoms with Gasteiger partial charge in [0.2, 0.25) is 5.78 Å². The molecule has 0 amide bonds. The Kier molecular flexibility index (Phi) is 5.59. The highest BCUT2D eigenvalue weighted by Gasteiger charge is 2.22. The normalized spacial score (nSPS) is 12.2. The van der Waals surface area contributed by atoms with Crippen LogP contribution in [0.4, 0.5) is 0 Å². The highest BCUT2D eigenvalue weighted by Crippen LogP contribution is 2.26. The molecule has 176 valence electrons. The van der Waals surface area contributed by atoms with E-state index < -0.39 is 28.2 Å². The monoisotopic (exact) mass is 462 g/mol. The third-order valence-corrected chi connectivity index (χ3v) is 4.75. The molecule has 0 aliphatic rings. The molecule has 2 aromatic carbocycles. The highest BCUT2D eigenvalue weighted by molar-refractivity contribution is 6.10. The summed E-state index contributed by atoms with van der Waals surface area (Å²) in [6.07, 6.45) is 0. The summed E-state index contributed by atoms with van der Waals surface area (Å²) in [7, 11) is 0. The van der Waals surface area contributed by atoms with Gasteiger partial charge in [0.05, 0.1) is 0 Å². The number of rotatable bonds is 4. The van der Waals surface area contributed by atoms with E-state index in [2.05, 4.69) is 0 Å². The summed E-state index contributed by atoms with van der Waals surface area (Å²) in [4.78, 5) is 38.4. The van der Waals surface area contributed by atoms with Crippen LogP contribution in [0.3, 0.4) is 0 Å². The van der Waals surface area contributed by atoms with Crippen LogP contribution in [0.2, 0.25) is 0 Å². The highest BCUT2D eigenvalue weighted by atomic mass is 16.5. The van der Waals surface area contributed by atoms with Gasteiger partial charge in [0.1, 0.15) is 45.0 Å². The van der Waals surface area contributed by atoms with E-state index in [1.165, 1.54) is 12.1 Å². The molecule has 0 unspecified atom stereocenters. The van der Waals surface area contributed by atoms with E-state index in [1.807, 2.05) is 41.5 Å². The van der Waals surface area contributed by atoms with Crippen molar-refractivity contribution in [3.8, 4) is 11.5 Å². The number of hydrogen-bond acceptors (Lipinski definition) is 7. The summed E-state index contributed by atoms with van der Waals surface area (Å²) in [5.74, 6) is 0.302. The number of hydrogen-bond donors (Lipinski definition) is 0. The molecule has 0 spiro atoms. The van der Waals surface area contributed by atoms with Crippen LogP contribution in [-0.2, 0) is 0 Å². The van der Waals surface area contributed by atoms with Crippen LogP contribution in [0.5, 0.6) is 11.5 Å². The Hall–Kier alpha value is -3.87. The number of fused-ring (bicyclic) bond motifs is 2. The Morgan fingerprint density at radius 3 is 1.38 bits per heavy atom. The summed E-state index contributed by atoms with van der Waals surface area (Å²) in [5.41, 5.74) is -2.49. The van der Waals surface area contributed by atoms with E-state index in [0.717, 1.165) is 0 Å². The predicted octanol–water partition coefficient (Wildman–Crippen LogP) is 5.49. The first kappa shape index (κ1) is 23.3. The summed E-state index contributed by atoms with van der Waals surface area (Å²) < 4.78 is 22.3. The van der Waals surface area contributed by atoms with Crippen molar-refractivity contribution in [3.05, 3.63) is 80.5 Å². The lowest BCUT2D eigenvalue weighted by molar-refractivity contribution is 0.103. The van der Waals surface area contributed by atoms with Crippen molar-refractivity contribution in [1.29, 1.82) is 0 Å². The van der Waals surface area contributed by atoms with Gasteiger partial charge in [-0.05, 0) is 77.9 Å². The fraction of sp³-hybridized carbons (Fsp3) is 0.296. The minimum atomic E-state index is -0.848. The quantitative estimate of drug-likeness (QED) is 0.292. The molecule has 7 nitrogen and oxygen atoms in total. The van der Waals surface area contributed by atoms with Gasteiger partial charge in [0.25, 0.3) is 0 Å². The van der Waals surface area contributed by atoms with Crippen LogP contribution < -0.4 is 20.7 Å². The summed E-state index contributed by atoms with van der Waals surface area (Å²) >= 11 is 0. The van der Waals surface area contributed by atoms with Gasteiger partial charge in [-0.1, -0.05) is 0 Å². The maximum Gasteiger partial charge on any atom is 0.347 e. The predicted molar refractivity (Wildman–Crippen MR) is 129 cm³/mol. The third kappa shape index (κ3) is 5.03. The van der Waals surface area contributed by atoms with E-state index in [1.54, 1.807) is 36.4 Å². The van der Waals surface area contributed by atoms with Crippen LogP contribution in [-0.4, -0.2) is 17.0 Å². The van der Waals surface area contributed by atoms with Gasteiger partial charge in [-0.15, -0.1) is 0 Å². The molecule has 4 aromatic rings. The smallest absolute Gasteiger partial charge is 0.347 e. The van der Waals surface area contributed by atoms with Crippen LogP contribution >= 0.6 is 0 Å². The van der Waals surface area contributed by atoms with Crippen molar-refractivity contribution < 1.29 is 23.1 Å². The molecule has 0 atom stereocenters. The lowest BCUT2D eigenvalue weighted by Gasteiger charge is -2.21.